The molecule has 23 heavy (non-hydrogen) atoms. The van der Waals surface area contributed by atoms with Gasteiger partial charge in [0.2, 0.25) is 0 Å². The molecule has 0 aliphatic rings. The molecule has 0 saturated carbocycles. The minimum atomic E-state index is 0.833. The van der Waals surface area contributed by atoms with E-state index in [0.29, 0.717) is 0 Å². The van der Waals surface area contributed by atoms with Gasteiger partial charge >= 0.3 is 0 Å². The lowest BCUT2D eigenvalue weighted by molar-refractivity contribution is 0.416. The highest BCUT2D eigenvalue weighted by Crippen LogP contribution is 2.41. The van der Waals surface area contributed by atoms with Gasteiger partial charge in [-0.1, -0.05) is 54.6 Å². The van der Waals surface area contributed by atoms with Gasteiger partial charge in [0, 0.05) is 16.0 Å². The number of benzene rings is 3. The zero-order valence-corrected chi connectivity index (χ0v) is 14.0. The van der Waals surface area contributed by atoms with Gasteiger partial charge in [0.1, 0.15) is 11.5 Å². The molecule has 0 bridgehead atoms. The Hall–Kier alpha value is -2.39. The van der Waals surface area contributed by atoms with Crippen LogP contribution in [-0.4, -0.2) is 14.2 Å². The molecule has 0 radical (unpaired) electrons. The Labute approximate surface area is 142 Å². The fourth-order valence-corrected chi connectivity index (χ4v) is 3.10. The van der Waals surface area contributed by atoms with Crippen molar-refractivity contribution in [2.24, 2.45) is 0 Å². The smallest absolute Gasteiger partial charge is 0.126 e. The number of thiol groups is 1. The molecule has 3 aromatic rings. The Morgan fingerprint density at radius 2 is 0.957 bits per heavy atom. The average Bonchev–Trinajstić information content (AvgIpc) is 2.62. The molecule has 3 heteroatoms. The number of para-hydroxylation sites is 2. The third kappa shape index (κ3) is 2.92. The van der Waals surface area contributed by atoms with Crippen molar-refractivity contribution in [1.82, 2.24) is 0 Å². The van der Waals surface area contributed by atoms with Gasteiger partial charge in [-0.15, -0.1) is 12.6 Å². The van der Waals surface area contributed by atoms with Crippen LogP contribution in [0.25, 0.3) is 22.3 Å². The van der Waals surface area contributed by atoms with Gasteiger partial charge < -0.3 is 9.47 Å². The molecule has 3 rings (SSSR count). The molecule has 0 heterocycles. The molecule has 0 atom stereocenters. The van der Waals surface area contributed by atoms with E-state index >= 15 is 0 Å². The monoisotopic (exact) mass is 322 g/mol. The highest BCUT2D eigenvalue weighted by atomic mass is 32.1. The molecular weight excluding hydrogens is 304 g/mol. The predicted molar refractivity (Wildman–Crippen MR) is 97.7 cm³/mol. The molecule has 3 aromatic carbocycles. The summed E-state index contributed by atoms with van der Waals surface area (Å²) in [6, 6.07) is 22.1. The van der Waals surface area contributed by atoms with Crippen LogP contribution in [0.4, 0.5) is 0 Å². The molecule has 0 amide bonds. The van der Waals surface area contributed by atoms with Crippen molar-refractivity contribution in [1.29, 1.82) is 0 Å². The van der Waals surface area contributed by atoms with E-state index in [1.54, 1.807) is 14.2 Å². The van der Waals surface area contributed by atoms with E-state index in [1.807, 2.05) is 54.6 Å². The lowest BCUT2D eigenvalue weighted by atomic mass is 9.97. The lowest BCUT2D eigenvalue weighted by Gasteiger charge is -2.15. The Morgan fingerprint density at radius 1 is 0.565 bits per heavy atom. The lowest BCUT2D eigenvalue weighted by Crippen LogP contribution is -1.92. The van der Waals surface area contributed by atoms with Crippen molar-refractivity contribution in [3.63, 3.8) is 0 Å². The third-order valence-electron chi connectivity index (χ3n) is 3.83. The van der Waals surface area contributed by atoms with Crippen LogP contribution in [0.3, 0.4) is 0 Å². The van der Waals surface area contributed by atoms with E-state index in [2.05, 4.69) is 12.1 Å². The topological polar surface area (TPSA) is 18.5 Å². The van der Waals surface area contributed by atoms with Crippen LogP contribution in [-0.2, 0) is 0 Å². The highest BCUT2D eigenvalue weighted by molar-refractivity contribution is 7.80. The summed E-state index contributed by atoms with van der Waals surface area (Å²) in [4.78, 5) is 0.904. The van der Waals surface area contributed by atoms with Crippen molar-refractivity contribution >= 4 is 12.6 Å². The van der Waals surface area contributed by atoms with E-state index < -0.39 is 0 Å². The Morgan fingerprint density at radius 3 is 1.39 bits per heavy atom. The van der Waals surface area contributed by atoms with E-state index in [0.717, 1.165) is 38.6 Å². The molecule has 0 aliphatic heterocycles. The molecule has 0 fully saturated rings. The normalized spacial score (nSPS) is 10.4. The number of rotatable bonds is 4. The van der Waals surface area contributed by atoms with Gasteiger partial charge in [0.05, 0.1) is 14.2 Å². The zero-order valence-electron chi connectivity index (χ0n) is 13.1. The number of hydrogen-bond acceptors (Lipinski definition) is 3. The summed E-state index contributed by atoms with van der Waals surface area (Å²) in [6.07, 6.45) is 0. The molecule has 0 spiro atoms. The van der Waals surface area contributed by atoms with E-state index in [1.165, 1.54) is 0 Å². The molecule has 0 aliphatic carbocycles. The first kappa shape index (κ1) is 15.5. The van der Waals surface area contributed by atoms with Gasteiger partial charge in [-0.05, 0) is 23.3 Å². The first-order valence-corrected chi connectivity index (χ1v) is 7.79. The first-order chi connectivity index (χ1) is 11.3. The minimum Gasteiger partial charge on any atom is -0.496 e. The van der Waals surface area contributed by atoms with Crippen LogP contribution in [0.5, 0.6) is 11.5 Å². The zero-order chi connectivity index (χ0) is 16.2. The van der Waals surface area contributed by atoms with Crippen molar-refractivity contribution < 1.29 is 9.47 Å². The van der Waals surface area contributed by atoms with Crippen molar-refractivity contribution in [3.8, 4) is 33.8 Å². The number of ether oxygens (including phenoxy) is 2. The minimum absolute atomic E-state index is 0.833. The summed E-state index contributed by atoms with van der Waals surface area (Å²) >= 11 is 4.80. The Bertz CT molecular complexity index is 762. The van der Waals surface area contributed by atoms with Crippen LogP contribution >= 0.6 is 12.6 Å². The predicted octanol–water partition coefficient (Wildman–Crippen LogP) is 5.33. The maximum Gasteiger partial charge on any atom is 0.126 e. The summed E-state index contributed by atoms with van der Waals surface area (Å²) in [6.45, 7) is 0. The molecular formula is C20H18O2S. The van der Waals surface area contributed by atoms with Crippen LogP contribution < -0.4 is 9.47 Å². The fraction of sp³-hybridized carbons (Fsp3) is 0.100. The summed E-state index contributed by atoms with van der Waals surface area (Å²) < 4.78 is 11.0. The van der Waals surface area contributed by atoms with Crippen molar-refractivity contribution in [2.45, 2.75) is 4.90 Å². The maximum atomic E-state index is 5.49. The fourth-order valence-electron chi connectivity index (χ4n) is 2.71. The standard InChI is InChI=1S/C20H18O2S/c1-21-18-12-5-3-8-14(18)16-10-7-11-17(20(16)23)15-9-4-6-13-19(15)22-2/h3-13,23H,1-2H3. The quantitative estimate of drug-likeness (QED) is 0.655. The van der Waals surface area contributed by atoms with Crippen LogP contribution in [0.2, 0.25) is 0 Å². The van der Waals surface area contributed by atoms with E-state index in [9.17, 15) is 0 Å². The van der Waals surface area contributed by atoms with E-state index in [4.69, 9.17) is 22.1 Å². The molecule has 0 saturated heterocycles. The van der Waals surface area contributed by atoms with Crippen LogP contribution in [0, 0.1) is 0 Å². The SMILES string of the molecule is COc1ccccc1-c1cccc(-c2ccccc2OC)c1S. The third-order valence-corrected chi connectivity index (χ3v) is 4.31. The Balaban J connectivity index is 2.20. The van der Waals surface area contributed by atoms with E-state index in [-0.39, 0.29) is 0 Å². The number of hydrogen-bond donors (Lipinski definition) is 1. The van der Waals surface area contributed by atoms with Crippen LogP contribution in [0.15, 0.2) is 71.6 Å². The van der Waals surface area contributed by atoms with Crippen molar-refractivity contribution in [2.75, 3.05) is 14.2 Å². The second-order valence-corrected chi connectivity index (χ2v) is 5.55. The first-order valence-electron chi connectivity index (χ1n) is 7.35. The van der Waals surface area contributed by atoms with Gasteiger partial charge in [0.25, 0.3) is 0 Å². The summed E-state index contributed by atoms with van der Waals surface area (Å²) in [5.41, 5.74) is 4.12. The van der Waals surface area contributed by atoms with Gasteiger partial charge in [-0.25, -0.2) is 0 Å². The van der Waals surface area contributed by atoms with Gasteiger partial charge in [-0.2, -0.15) is 0 Å². The highest BCUT2D eigenvalue weighted by Gasteiger charge is 2.14. The van der Waals surface area contributed by atoms with Crippen molar-refractivity contribution in [3.05, 3.63) is 66.7 Å². The number of methoxy groups -OCH3 is 2. The Kier molecular flexibility index (Phi) is 4.58. The summed E-state index contributed by atoms with van der Waals surface area (Å²) in [5, 5.41) is 0. The van der Waals surface area contributed by atoms with Crippen LogP contribution in [0.1, 0.15) is 0 Å². The largest absolute Gasteiger partial charge is 0.496 e. The molecule has 0 aromatic heterocycles. The molecule has 0 N–H and O–H groups in total. The van der Waals surface area contributed by atoms with Gasteiger partial charge in [-0.3, -0.25) is 0 Å². The average molecular weight is 322 g/mol. The molecule has 0 unspecified atom stereocenters. The maximum absolute atomic E-state index is 5.49. The second kappa shape index (κ2) is 6.80. The summed E-state index contributed by atoms with van der Waals surface area (Å²) in [5.74, 6) is 1.67. The molecule has 116 valence electrons. The van der Waals surface area contributed by atoms with Gasteiger partial charge in [0.15, 0.2) is 0 Å². The summed E-state index contributed by atoms with van der Waals surface area (Å²) in [7, 11) is 3.36. The second-order valence-electron chi connectivity index (χ2n) is 5.10. The molecule has 2 nitrogen and oxygen atoms in total.